The monoisotopic (exact) mass is 233 g/mol. The molecule has 0 N–H and O–H groups in total. The minimum atomic E-state index is -0.392. The molecule has 0 aromatic heterocycles. The van der Waals surface area contributed by atoms with Crippen molar-refractivity contribution in [2.75, 3.05) is 4.90 Å². The molecule has 3 nitrogen and oxygen atoms in total. The molecule has 0 radical (unpaired) electrons. The lowest BCUT2D eigenvalue weighted by Gasteiger charge is -2.12. The van der Waals surface area contributed by atoms with Crippen LogP contribution < -0.4 is 4.90 Å². The molecule has 88 valence electrons. The van der Waals surface area contributed by atoms with Crippen molar-refractivity contribution >= 4 is 17.5 Å². The molecule has 0 saturated carbocycles. The van der Waals surface area contributed by atoms with E-state index in [2.05, 4.69) is 0 Å². The molecule has 1 heterocycles. The van der Waals surface area contributed by atoms with Gasteiger partial charge in [0, 0.05) is 5.57 Å². The Balaban J connectivity index is 2.34. The molecule has 1 aromatic carbocycles. The summed E-state index contributed by atoms with van der Waals surface area (Å²) >= 11 is 0. The van der Waals surface area contributed by atoms with Gasteiger partial charge in [0.1, 0.15) is 5.82 Å². The second-order valence-corrected chi connectivity index (χ2v) is 3.83. The smallest absolute Gasteiger partial charge is 0.261 e. The summed E-state index contributed by atoms with van der Waals surface area (Å²) in [6.45, 7) is 1.91. The largest absolute Gasteiger partial charge is 0.274 e. The van der Waals surface area contributed by atoms with E-state index in [1.54, 1.807) is 6.08 Å². The fraction of sp³-hybridized carbons (Fsp3) is 0.231. The topological polar surface area (TPSA) is 37.4 Å². The lowest BCUT2D eigenvalue weighted by atomic mass is 10.2. The van der Waals surface area contributed by atoms with Crippen molar-refractivity contribution in [2.45, 2.75) is 19.8 Å². The van der Waals surface area contributed by atoms with E-state index in [-0.39, 0.29) is 18.2 Å². The Morgan fingerprint density at radius 1 is 1.29 bits per heavy atom. The highest BCUT2D eigenvalue weighted by atomic mass is 19.1. The third kappa shape index (κ3) is 2.11. The molecule has 0 bridgehead atoms. The number of benzene rings is 1. The van der Waals surface area contributed by atoms with Gasteiger partial charge in [-0.25, -0.2) is 9.29 Å². The Hall–Kier alpha value is -1.97. The molecule has 0 spiro atoms. The maximum atomic E-state index is 12.8. The first kappa shape index (κ1) is 11.5. The third-order valence-electron chi connectivity index (χ3n) is 2.60. The maximum Gasteiger partial charge on any atom is 0.261 e. The second kappa shape index (κ2) is 4.49. The van der Waals surface area contributed by atoms with Crippen LogP contribution in [0.5, 0.6) is 0 Å². The Labute approximate surface area is 98.5 Å². The standard InChI is InChI=1S/C13H12FNO2/c1-2-3-9-8-12(16)15(13(9)17)11-6-4-10(14)5-7-11/h3-7H,2,8H2,1H3. The van der Waals surface area contributed by atoms with Crippen LogP contribution in [0.4, 0.5) is 10.1 Å². The molecular formula is C13H12FNO2. The van der Waals surface area contributed by atoms with E-state index in [1.807, 2.05) is 6.92 Å². The summed E-state index contributed by atoms with van der Waals surface area (Å²) in [5, 5.41) is 0. The first-order valence-corrected chi connectivity index (χ1v) is 5.45. The average molecular weight is 233 g/mol. The van der Waals surface area contributed by atoms with Crippen LogP contribution in [-0.4, -0.2) is 11.8 Å². The molecule has 0 aliphatic carbocycles. The summed E-state index contributed by atoms with van der Waals surface area (Å²) in [6, 6.07) is 5.33. The highest BCUT2D eigenvalue weighted by Crippen LogP contribution is 2.26. The van der Waals surface area contributed by atoms with Crippen molar-refractivity contribution in [3.63, 3.8) is 0 Å². The van der Waals surface area contributed by atoms with Gasteiger partial charge in [-0.2, -0.15) is 0 Å². The van der Waals surface area contributed by atoms with Crippen LogP contribution in [0.3, 0.4) is 0 Å². The van der Waals surface area contributed by atoms with E-state index >= 15 is 0 Å². The number of hydrogen-bond acceptors (Lipinski definition) is 2. The minimum absolute atomic E-state index is 0.129. The van der Waals surface area contributed by atoms with E-state index in [1.165, 1.54) is 24.3 Å². The number of anilines is 1. The number of nitrogens with zero attached hydrogens (tertiary/aromatic N) is 1. The number of imide groups is 1. The Morgan fingerprint density at radius 2 is 1.94 bits per heavy atom. The summed E-state index contributed by atoms with van der Waals surface area (Å²) in [6.07, 6.45) is 2.60. The van der Waals surface area contributed by atoms with E-state index in [9.17, 15) is 14.0 Å². The number of carbonyl (C=O) groups excluding carboxylic acids is 2. The van der Waals surface area contributed by atoms with E-state index in [0.29, 0.717) is 17.7 Å². The third-order valence-corrected chi connectivity index (χ3v) is 2.60. The summed E-state index contributed by atoms with van der Waals surface area (Å²) in [5.74, 6) is -0.957. The van der Waals surface area contributed by atoms with Gasteiger partial charge in [-0.05, 0) is 30.7 Å². The second-order valence-electron chi connectivity index (χ2n) is 3.83. The van der Waals surface area contributed by atoms with Crippen LogP contribution in [-0.2, 0) is 9.59 Å². The van der Waals surface area contributed by atoms with Gasteiger partial charge in [-0.15, -0.1) is 0 Å². The molecule has 0 atom stereocenters. The van der Waals surface area contributed by atoms with Crippen LogP contribution in [0.2, 0.25) is 0 Å². The van der Waals surface area contributed by atoms with Crippen LogP contribution in [0, 0.1) is 5.82 Å². The van der Waals surface area contributed by atoms with Crippen molar-refractivity contribution in [3.8, 4) is 0 Å². The molecule has 2 rings (SSSR count). The number of hydrogen-bond donors (Lipinski definition) is 0. The molecule has 0 unspecified atom stereocenters. The quantitative estimate of drug-likeness (QED) is 0.581. The SMILES string of the molecule is CCC=C1CC(=O)N(c2ccc(F)cc2)C1=O. The van der Waals surface area contributed by atoms with Crippen molar-refractivity contribution in [3.05, 3.63) is 41.7 Å². The molecule has 1 aliphatic rings. The zero-order chi connectivity index (χ0) is 12.4. The molecular weight excluding hydrogens is 221 g/mol. The number of allylic oxidation sites excluding steroid dienone is 1. The predicted molar refractivity (Wildman–Crippen MR) is 61.9 cm³/mol. The summed E-state index contributed by atoms with van der Waals surface area (Å²) < 4.78 is 12.8. The van der Waals surface area contributed by atoms with Gasteiger partial charge >= 0.3 is 0 Å². The zero-order valence-electron chi connectivity index (χ0n) is 9.44. The molecule has 4 heteroatoms. The first-order chi connectivity index (χ1) is 8.13. The summed E-state index contributed by atoms with van der Waals surface area (Å²) in [4.78, 5) is 24.8. The molecule has 1 aliphatic heterocycles. The number of halogens is 1. The molecule has 1 aromatic rings. The lowest BCUT2D eigenvalue weighted by molar-refractivity contribution is -0.120. The van der Waals surface area contributed by atoms with Gasteiger partial charge < -0.3 is 0 Å². The first-order valence-electron chi connectivity index (χ1n) is 5.45. The lowest BCUT2D eigenvalue weighted by Crippen LogP contribution is -2.28. The highest BCUT2D eigenvalue weighted by Gasteiger charge is 2.34. The fourth-order valence-corrected chi connectivity index (χ4v) is 1.83. The van der Waals surface area contributed by atoms with Crippen LogP contribution in [0.25, 0.3) is 0 Å². The van der Waals surface area contributed by atoms with Crippen molar-refractivity contribution in [1.29, 1.82) is 0 Å². The molecule has 17 heavy (non-hydrogen) atoms. The number of amides is 2. The van der Waals surface area contributed by atoms with E-state index < -0.39 is 5.82 Å². The molecule has 1 saturated heterocycles. The van der Waals surface area contributed by atoms with Gasteiger partial charge in [-0.1, -0.05) is 13.0 Å². The van der Waals surface area contributed by atoms with Gasteiger partial charge in [0.15, 0.2) is 0 Å². The Morgan fingerprint density at radius 3 is 2.53 bits per heavy atom. The van der Waals surface area contributed by atoms with Gasteiger partial charge in [0.25, 0.3) is 5.91 Å². The Bertz CT molecular complexity index is 491. The summed E-state index contributed by atoms with van der Waals surface area (Å²) in [5.41, 5.74) is 0.933. The van der Waals surface area contributed by atoms with Crippen LogP contribution in [0.1, 0.15) is 19.8 Å². The highest BCUT2D eigenvalue weighted by molar-refractivity contribution is 6.28. The average Bonchev–Trinajstić information content (AvgIpc) is 2.57. The van der Waals surface area contributed by atoms with Crippen molar-refractivity contribution < 1.29 is 14.0 Å². The molecule has 1 fully saturated rings. The van der Waals surface area contributed by atoms with E-state index in [0.717, 1.165) is 4.90 Å². The normalized spacial score (nSPS) is 18.2. The van der Waals surface area contributed by atoms with Gasteiger partial charge in [0.2, 0.25) is 5.91 Å². The van der Waals surface area contributed by atoms with E-state index in [4.69, 9.17) is 0 Å². The van der Waals surface area contributed by atoms with Crippen LogP contribution in [0.15, 0.2) is 35.9 Å². The van der Waals surface area contributed by atoms with Crippen molar-refractivity contribution in [1.82, 2.24) is 0 Å². The minimum Gasteiger partial charge on any atom is -0.274 e. The summed E-state index contributed by atoms with van der Waals surface area (Å²) in [7, 11) is 0. The van der Waals surface area contributed by atoms with Crippen LogP contribution >= 0.6 is 0 Å². The number of carbonyl (C=O) groups is 2. The fourth-order valence-electron chi connectivity index (χ4n) is 1.83. The van der Waals surface area contributed by atoms with Crippen molar-refractivity contribution in [2.24, 2.45) is 0 Å². The van der Waals surface area contributed by atoms with Gasteiger partial charge in [0.05, 0.1) is 12.1 Å². The maximum absolute atomic E-state index is 12.8. The predicted octanol–water partition coefficient (Wildman–Crippen LogP) is 2.43. The number of rotatable bonds is 2. The zero-order valence-corrected chi connectivity index (χ0v) is 9.44. The Kier molecular flexibility index (Phi) is 3.04. The van der Waals surface area contributed by atoms with Gasteiger partial charge in [-0.3, -0.25) is 9.59 Å². The molecule has 2 amide bonds.